The fourth-order valence-electron chi connectivity index (χ4n) is 4.16. The standard InChI is InChI=1S/C25H27ClN4O3S/c1-15-5-4-6-22(16(15)2)30-24(33)20-8-7-18(26)13-21(20)28-25(30)34-14-23(32)27-19-9-11-29(12-10-19)17(3)31/h4-8,13,19H,9-12,14H2,1-3H3,(H,27,32). The number of piperidine rings is 1. The van der Waals surface area contributed by atoms with Crippen molar-refractivity contribution in [2.24, 2.45) is 0 Å². The lowest BCUT2D eigenvalue weighted by molar-refractivity contribution is -0.130. The molecule has 34 heavy (non-hydrogen) atoms. The normalized spacial score (nSPS) is 14.4. The lowest BCUT2D eigenvalue weighted by atomic mass is 10.1. The lowest BCUT2D eigenvalue weighted by Crippen LogP contribution is -2.46. The van der Waals surface area contributed by atoms with Gasteiger partial charge in [0.1, 0.15) is 0 Å². The molecule has 0 bridgehead atoms. The molecule has 2 heterocycles. The minimum Gasteiger partial charge on any atom is -0.353 e. The first kappa shape index (κ1) is 24.3. The zero-order valence-electron chi connectivity index (χ0n) is 19.4. The van der Waals surface area contributed by atoms with Crippen molar-refractivity contribution in [1.82, 2.24) is 19.8 Å². The second-order valence-corrected chi connectivity index (χ2v) is 9.93. The van der Waals surface area contributed by atoms with Crippen LogP contribution in [0.2, 0.25) is 5.02 Å². The van der Waals surface area contributed by atoms with Crippen LogP contribution >= 0.6 is 23.4 Å². The number of fused-ring (bicyclic) bond motifs is 1. The van der Waals surface area contributed by atoms with Crippen molar-refractivity contribution in [3.63, 3.8) is 0 Å². The zero-order chi connectivity index (χ0) is 24.4. The number of amides is 2. The minimum atomic E-state index is -0.199. The summed E-state index contributed by atoms with van der Waals surface area (Å²) in [5, 5.41) is 4.46. The highest BCUT2D eigenvalue weighted by Gasteiger charge is 2.23. The van der Waals surface area contributed by atoms with E-state index in [1.54, 1.807) is 34.6 Å². The highest BCUT2D eigenvalue weighted by molar-refractivity contribution is 7.99. The molecule has 2 amide bonds. The van der Waals surface area contributed by atoms with Crippen molar-refractivity contribution in [2.75, 3.05) is 18.8 Å². The Morgan fingerprint density at radius 1 is 1.18 bits per heavy atom. The molecule has 7 nitrogen and oxygen atoms in total. The second-order valence-electron chi connectivity index (χ2n) is 8.55. The summed E-state index contributed by atoms with van der Waals surface area (Å²) in [5.74, 6) is 0.0579. The summed E-state index contributed by atoms with van der Waals surface area (Å²) in [6, 6.07) is 10.9. The van der Waals surface area contributed by atoms with E-state index in [0.717, 1.165) is 29.7 Å². The number of nitrogens with zero attached hydrogens (tertiary/aromatic N) is 3. The van der Waals surface area contributed by atoms with Crippen molar-refractivity contribution in [3.05, 3.63) is 62.9 Å². The Labute approximate surface area is 207 Å². The highest BCUT2D eigenvalue weighted by atomic mass is 35.5. The quantitative estimate of drug-likeness (QED) is 0.426. The SMILES string of the molecule is CC(=O)N1CCC(NC(=O)CSc2nc3cc(Cl)ccc3c(=O)n2-c2cccc(C)c2C)CC1. The molecule has 3 aromatic rings. The van der Waals surface area contributed by atoms with Crippen molar-refractivity contribution in [1.29, 1.82) is 0 Å². The van der Waals surface area contributed by atoms with E-state index in [1.807, 2.05) is 32.0 Å². The van der Waals surface area contributed by atoms with Crippen LogP contribution < -0.4 is 10.9 Å². The Hall–Kier alpha value is -2.84. The van der Waals surface area contributed by atoms with Crippen molar-refractivity contribution in [2.45, 2.75) is 44.8 Å². The predicted molar refractivity (Wildman–Crippen MR) is 136 cm³/mol. The molecule has 1 aliphatic heterocycles. The molecule has 1 fully saturated rings. The van der Waals surface area contributed by atoms with Crippen molar-refractivity contribution in [3.8, 4) is 5.69 Å². The van der Waals surface area contributed by atoms with Crippen LogP contribution in [0.15, 0.2) is 46.3 Å². The molecule has 0 spiro atoms. The Kier molecular flexibility index (Phi) is 7.28. The molecule has 178 valence electrons. The first-order valence-electron chi connectivity index (χ1n) is 11.2. The number of aromatic nitrogens is 2. The fourth-order valence-corrected chi connectivity index (χ4v) is 5.15. The number of carbonyl (C=O) groups is 2. The first-order chi connectivity index (χ1) is 16.2. The number of rotatable bonds is 5. The van der Waals surface area contributed by atoms with Crippen LogP contribution in [0.5, 0.6) is 0 Å². The number of hydrogen-bond acceptors (Lipinski definition) is 5. The van der Waals surface area contributed by atoms with Gasteiger partial charge in [-0.3, -0.25) is 19.0 Å². The van der Waals surface area contributed by atoms with E-state index >= 15 is 0 Å². The number of halogens is 1. The monoisotopic (exact) mass is 498 g/mol. The van der Waals surface area contributed by atoms with Crippen LogP contribution in [0.25, 0.3) is 16.6 Å². The predicted octanol–water partition coefficient (Wildman–Crippen LogP) is 3.88. The van der Waals surface area contributed by atoms with Gasteiger partial charge in [-0.1, -0.05) is 35.5 Å². The number of carbonyl (C=O) groups excluding carboxylic acids is 2. The number of aryl methyl sites for hydroxylation is 1. The van der Waals surface area contributed by atoms with Crippen LogP contribution in [0.3, 0.4) is 0 Å². The topological polar surface area (TPSA) is 84.3 Å². The van der Waals surface area contributed by atoms with Crippen LogP contribution in [0.1, 0.15) is 30.9 Å². The molecule has 0 unspecified atom stereocenters. The van der Waals surface area contributed by atoms with E-state index in [-0.39, 0.29) is 29.2 Å². The molecule has 0 aliphatic carbocycles. The van der Waals surface area contributed by atoms with Gasteiger partial charge < -0.3 is 10.2 Å². The zero-order valence-corrected chi connectivity index (χ0v) is 21.0. The summed E-state index contributed by atoms with van der Waals surface area (Å²) in [4.78, 5) is 44.2. The molecular formula is C25H27ClN4O3S. The molecule has 9 heteroatoms. The Morgan fingerprint density at radius 3 is 2.62 bits per heavy atom. The number of benzene rings is 2. The second kappa shape index (κ2) is 10.2. The average molecular weight is 499 g/mol. The number of hydrogen-bond donors (Lipinski definition) is 1. The van der Waals surface area contributed by atoms with E-state index < -0.39 is 0 Å². The number of nitrogens with one attached hydrogen (secondary N) is 1. The van der Waals surface area contributed by atoms with Gasteiger partial charge in [0.05, 0.1) is 22.3 Å². The van der Waals surface area contributed by atoms with Gasteiger partial charge >= 0.3 is 0 Å². The number of likely N-dealkylation sites (tertiary alicyclic amines) is 1. The molecule has 0 radical (unpaired) electrons. The van der Waals surface area contributed by atoms with Crippen LogP contribution in [-0.2, 0) is 9.59 Å². The maximum Gasteiger partial charge on any atom is 0.266 e. The fraction of sp³-hybridized carbons (Fsp3) is 0.360. The van der Waals surface area contributed by atoms with Crippen LogP contribution in [0.4, 0.5) is 0 Å². The Balaban J connectivity index is 1.60. The van der Waals surface area contributed by atoms with E-state index in [4.69, 9.17) is 16.6 Å². The number of thioether (sulfide) groups is 1. The molecular weight excluding hydrogens is 472 g/mol. The van der Waals surface area contributed by atoms with Crippen LogP contribution in [-0.4, -0.2) is 51.1 Å². The third-order valence-corrected chi connectivity index (χ3v) is 7.43. The van der Waals surface area contributed by atoms with Crippen molar-refractivity contribution < 1.29 is 9.59 Å². The molecule has 4 rings (SSSR count). The summed E-state index contributed by atoms with van der Waals surface area (Å²) in [5.41, 5.74) is 3.08. The molecule has 0 saturated carbocycles. The molecule has 1 aromatic heterocycles. The summed E-state index contributed by atoms with van der Waals surface area (Å²) in [7, 11) is 0. The van der Waals surface area contributed by atoms with Gasteiger partial charge in [0.25, 0.3) is 5.56 Å². The molecule has 1 N–H and O–H groups in total. The third kappa shape index (κ3) is 5.13. The molecule has 0 atom stereocenters. The maximum atomic E-state index is 13.5. The van der Waals surface area contributed by atoms with Gasteiger partial charge in [0, 0.05) is 31.1 Å². The van der Waals surface area contributed by atoms with Gasteiger partial charge in [-0.2, -0.15) is 0 Å². The van der Waals surface area contributed by atoms with E-state index in [1.165, 1.54) is 11.8 Å². The average Bonchev–Trinajstić information content (AvgIpc) is 2.80. The summed E-state index contributed by atoms with van der Waals surface area (Å²) in [6.45, 7) is 6.82. The maximum absolute atomic E-state index is 13.5. The van der Waals surface area contributed by atoms with E-state index in [2.05, 4.69) is 5.32 Å². The van der Waals surface area contributed by atoms with Crippen molar-refractivity contribution >= 4 is 46.1 Å². The highest BCUT2D eigenvalue weighted by Crippen LogP contribution is 2.25. The smallest absolute Gasteiger partial charge is 0.266 e. The molecule has 1 aliphatic rings. The Morgan fingerprint density at radius 2 is 1.91 bits per heavy atom. The van der Waals surface area contributed by atoms with E-state index in [9.17, 15) is 14.4 Å². The van der Waals surface area contributed by atoms with Gasteiger partial charge in [0.15, 0.2) is 5.16 Å². The van der Waals surface area contributed by atoms with E-state index in [0.29, 0.717) is 34.2 Å². The first-order valence-corrected chi connectivity index (χ1v) is 12.6. The Bertz CT molecular complexity index is 1320. The summed E-state index contributed by atoms with van der Waals surface area (Å²) < 4.78 is 1.59. The van der Waals surface area contributed by atoms with Gasteiger partial charge in [-0.05, 0) is 62.1 Å². The largest absolute Gasteiger partial charge is 0.353 e. The third-order valence-electron chi connectivity index (χ3n) is 6.26. The lowest BCUT2D eigenvalue weighted by Gasteiger charge is -2.31. The molecule has 1 saturated heterocycles. The van der Waals surface area contributed by atoms with Crippen LogP contribution in [0, 0.1) is 13.8 Å². The van der Waals surface area contributed by atoms with Gasteiger partial charge in [-0.25, -0.2) is 4.98 Å². The summed E-state index contributed by atoms with van der Waals surface area (Å²) >= 11 is 7.37. The van der Waals surface area contributed by atoms with Gasteiger partial charge in [-0.15, -0.1) is 0 Å². The summed E-state index contributed by atoms with van der Waals surface area (Å²) in [6.07, 6.45) is 1.46. The van der Waals surface area contributed by atoms with Gasteiger partial charge in [0.2, 0.25) is 11.8 Å². The minimum absolute atomic E-state index is 0.0354. The molecule has 2 aromatic carbocycles.